The molecular weight excluding hydrogens is 466 g/mol. The Morgan fingerprint density at radius 1 is 1.00 bits per heavy atom. The number of carbonyl (C=O) groups excluding carboxylic acids is 4. The summed E-state index contributed by atoms with van der Waals surface area (Å²) in [5.74, 6) is -2.60. The third-order valence-corrected chi connectivity index (χ3v) is 7.15. The molecule has 0 saturated carbocycles. The third-order valence-electron chi connectivity index (χ3n) is 4.75. The lowest BCUT2D eigenvalue weighted by Gasteiger charge is -2.06. The van der Waals surface area contributed by atoms with Crippen molar-refractivity contribution in [1.29, 1.82) is 0 Å². The number of Topliss-reactive ketones (excluding diaryl/α,β-unsaturated/α-hetero) is 1. The highest BCUT2D eigenvalue weighted by Gasteiger charge is 2.29. The Morgan fingerprint density at radius 3 is 2.48 bits per heavy atom. The number of rotatable bonds is 7. The molecule has 8 nitrogen and oxygen atoms in total. The van der Waals surface area contributed by atoms with Crippen molar-refractivity contribution in [2.45, 2.75) is 20.8 Å². The van der Waals surface area contributed by atoms with Crippen LogP contribution >= 0.6 is 22.7 Å². The molecule has 0 aliphatic heterocycles. The van der Waals surface area contributed by atoms with Gasteiger partial charge in [0.2, 0.25) is 5.88 Å². The number of ether oxygens (including phenoxy) is 2. The molecule has 170 valence electrons. The number of hydrogen-bond donors (Lipinski definition) is 1. The van der Waals surface area contributed by atoms with Gasteiger partial charge < -0.3 is 13.9 Å². The molecule has 0 aliphatic carbocycles. The lowest BCUT2D eigenvalue weighted by molar-refractivity contribution is -0.119. The Balaban J connectivity index is 1.47. The first kappa shape index (κ1) is 22.7. The number of thiophene rings is 2. The fraction of sp³-hybridized carbons (Fsp3) is 0.217. The zero-order chi connectivity index (χ0) is 23.7. The van der Waals surface area contributed by atoms with E-state index in [9.17, 15) is 19.2 Å². The first-order valence-corrected chi connectivity index (χ1v) is 11.6. The van der Waals surface area contributed by atoms with Gasteiger partial charge in [-0.2, -0.15) is 0 Å². The standard InChI is InChI=1S/C23H19NO7S2/c1-4-29-23(28)19-18(11(2)25)12(3)31-21(19)24-17(26)10-30-22(27)16-9-15-20(33-16)13-7-5-6-8-14(13)32-15/h5-9H,4,10H2,1-3H3,(H,24,26). The molecule has 0 aliphatic rings. The smallest absolute Gasteiger partial charge is 0.348 e. The minimum absolute atomic E-state index is 0.0339. The van der Waals surface area contributed by atoms with Crippen LogP contribution in [0.3, 0.4) is 0 Å². The van der Waals surface area contributed by atoms with Gasteiger partial charge in [-0.15, -0.1) is 22.7 Å². The summed E-state index contributed by atoms with van der Waals surface area (Å²) in [5, 5.41) is 3.46. The van der Waals surface area contributed by atoms with Gasteiger partial charge in [-0.1, -0.05) is 18.2 Å². The van der Waals surface area contributed by atoms with E-state index in [1.165, 1.54) is 25.2 Å². The summed E-state index contributed by atoms with van der Waals surface area (Å²) < 4.78 is 18.6. The first-order valence-electron chi connectivity index (χ1n) is 9.99. The fourth-order valence-corrected chi connectivity index (χ4v) is 5.84. The Hall–Kier alpha value is -3.50. The average Bonchev–Trinajstić information content (AvgIpc) is 3.42. The van der Waals surface area contributed by atoms with Gasteiger partial charge >= 0.3 is 11.9 Å². The van der Waals surface area contributed by atoms with Gasteiger partial charge in [0.05, 0.1) is 16.9 Å². The second-order valence-corrected chi connectivity index (χ2v) is 9.18. The molecule has 0 atom stereocenters. The van der Waals surface area contributed by atoms with Crippen molar-refractivity contribution in [3.8, 4) is 0 Å². The number of fused-ring (bicyclic) bond motifs is 3. The topological polar surface area (TPSA) is 112 Å². The van der Waals surface area contributed by atoms with Crippen LogP contribution in [-0.2, 0) is 14.3 Å². The lowest BCUT2D eigenvalue weighted by Crippen LogP contribution is -2.22. The van der Waals surface area contributed by atoms with Crippen molar-refractivity contribution < 1.29 is 33.1 Å². The summed E-state index contributed by atoms with van der Waals surface area (Å²) in [7, 11) is 0. The number of ketones is 1. The Kier molecular flexibility index (Phi) is 6.30. The van der Waals surface area contributed by atoms with Crippen LogP contribution in [0.1, 0.15) is 50.0 Å². The number of amides is 1. The second-order valence-electron chi connectivity index (χ2n) is 7.04. The maximum Gasteiger partial charge on any atom is 0.348 e. The molecule has 1 amide bonds. The van der Waals surface area contributed by atoms with E-state index in [1.54, 1.807) is 24.3 Å². The van der Waals surface area contributed by atoms with Crippen LogP contribution < -0.4 is 5.32 Å². The van der Waals surface area contributed by atoms with Gasteiger partial charge in [-0.05, 0) is 32.9 Å². The van der Waals surface area contributed by atoms with Crippen LogP contribution in [0.25, 0.3) is 19.5 Å². The van der Waals surface area contributed by atoms with Gasteiger partial charge in [0, 0.05) is 14.8 Å². The maximum absolute atomic E-state index is 12.5. The van der Waals surface area contributed by atoms with Gasteiger partial charge in [0.1, 0.15) is 16.2 Å². The summed E-state index contributed by atoms with van der Waals surface area (Å²) in [5.41, 5.74) is -0.126. The van der Waals surface area contributed by atoms with Gasteiger partial charge in [-0.3, -0.25) is 14.9 Å². The Bertz CT molecular complexity index is 1410. The zero-order valence-electron chi connectivity index (χ0n) is 18.0. The highest BCUT2D eigenvalue weighted by Crippen LogP contribution is 2.39. The summed E-state index contributed by atoms with van der Waals surface area (Å²) in [6, 6.07) is 9.67. The fourth-order valence-electron chi connectivity index (χ4n) is 3.42. The molecule has 4 aromatic rings. The van der Waals surface area contributed by atoms with E-state index < -0.39 is 30.2 Å². The summed E-state index contributed by atoms with van der Waals surface area (Å²) >= 11 is 2.88. The molecule has 33 heavy (non-hydrogen) atoms. The highest BCUT2D eigenvalue weighted by molar-refractivity contribution is 7.33. The van der Waals surface area contributed by atoms with Gasteiger partial charge in [0.15, 0.2) is 12.4 Å². The van der Waals surface area contributed by atoms with E-state index in [-0.39, 0.29) is 29.4 Å². The number of benzene rings is 1. The van der Waals surface area contributed by atoms with Crippen LogP contribution in [0.15, 0.2) is 34.7 Å². The number of esters is 2. The average molecular weight is 486 g/mol. The van der Waals surface area contributed by atoms with Gasteiger partial charge in [0.25, 0.3) is 5.91 Å². The Morgan fingerprint density at radius 2 is 1.76 bits per heavy atom. The molecule has 3 aromatic heterocycles. The van der Waals surface area contributed by atoms with E-state index >= 15 is 0 Å². The number of anilines is 1. The third kappa shape index (κ3) is 4.39. The van der Waals surface area contributed by atoms with E-state index in [0.29, 0.717) is 4.88 Å². The van der Waals surface area contributed by atoms with Crippen LogP contribution in [0.4, 0.5) is 5.88 Å². The van der Waals surface area contributed by atoms with E-state index in [2.05, 4.69) is 5.32 Å². The molecule has 1 N–H and O–H groups in total. The van der Waals surface area contributed by atoms with Crippen LogP contribution in [0.5, 0.6) is 0 Å². The summed E-state index contributed by atoms with van der Waals surface area (Å²) in [4.78, 5) is 49.5. The number of nitrogens with one attached hydrogen (secondary N) is 1. The first-order chi connectivity index (χ1) is 15.8. The number of hydrogen-bond acceptors (Lipinski definition) is 9. The van der Waals surface area contributed by atoms with Crippen molar-refractivity contribution in [1.82, 2.24) is 0 Å². The van der Waals surface area contributed by atoms with Crippen molar-refractivity contribution in [3.05, 3.63) is 52.1 Å². The normalized spacial score (nSPS) is 11.0. The van der Waals surface area contributed by atoms with E-state index in [1.807, 2.05) is 24.3 Å². The van der Waals surface area contributed by atoms with Crippen molar-refractivity contribution >= 4 is 71.7 Å². The lowest BCUT2D eigenvalue weighted by atomic mass is 10.1. The number of carbonyl (C=O) groups is 4. The number of furan rings is 1. The molecule has 1 aromatic carbocycles. The van der Waals surface area contributed by atoms with Crippen LogP contribution in [0, 0.1) is 6.92 Å². The van der Waals surface area contributed by atoms with Gasteiger partial charge in [-0.25, -0.2) is 9.59 Å². The molecule has 4 rings (SSSR count). The number of aryl methyl sites for hydroxylation is 1. The predicted molar refractivity (Wildman–Crippen MR) is 126 cm³/mol. The van der Waals surface area contributed by atoms with Crippen molar-refractivity contribution in [2.75, 3.05) is 18.5 Å². The maximum atomic E-state index is 12.5. The van der Waals surface area contributed by atoms with Crippen LogP contribution in [-0.4, -0.2) is 36.8 Å². The molecule has 0 saturated heterocycles. The molecule has 3 heterocycles. The molecule has 0 unspecified atom stereocenters. The van der Waals surface area contributed by atoms with E-state index in [4.69, 9.17) is 13.9 Å². The van der Waals surface area contributed by atoms with Crippen molar-refractivity contribution in [2.24, 2.45) is 0 Å². The van der Waals surface area contributed by atoms with E-state index in [0.717, 1.165) is 19.5 Å². The molecular formula is C23H19NO7S2. The largest absolute Gasteiger partial charge is 0.462 e. The van der Waals surface area contributed by atoms with Crippen molar-refractivity contribution in [3.63, 3.8) is 0 Å². The quantitative estimate of drug-likeness (QED) is 0.283. The summed E-state index contributed by atoms with van der Waals surface area (Å²) in [6.45, 7) is 3.89. The summed E-state index contributed by atoms with van der Waals surface area (Å²) in [6.07, 6.45) is 0. The zero-order valence-corrected chi connectivity index (χ0v) is 19.6. The molecule has 0 bridgehead atoms. The second kappa shape index (κ2) is 9.16. The molecule has 0 fully saturated rings. The predicted octanol–water partition coefficient (Wildman–Crippen LogP) is 5.19. The molecule has 0 radical (unpaired) electrons. The molecule has 10 heteroatoms. The minimum Gasteiger partial charge on any atom is -0.462 e. The Labute approximate surface area is 196 Å². The highest BCUT2D eigenvalue weighted by atomic mass is 32.1. The van der Waals surface area contributed by atoms with Crippen LogP contribution in [0.2, 0.25) is 0 Å². The molecule has 0 spiro atoms. The SMILES string of the molecule is CCOC(=O)c1c(NC(=O)COC(=O)c2cc3sc4ccccc4c3s2)oc(C)c1C(C)=O. The monoisotopic (exact) mass is 485 g/mol. The minimum atomic E-state index is -0.794.